The molecule has 4 saturated carbocycles. The summed E-state index contributed by atoms with van der Waals surface area (Å²) in [5, 5.41) is 21.3. The Balaban J connectivity index is 0.000000131. The molecular formula is C57H51Br4FN2O15. The third-order valence-corrected chi connectivity index (χ3v) is 15.7. The Labute approximate surface area is 486 Å². The van der Waals surface area contributed by atoms with Crippen molar-refractivity contribution >= 4 is 110 Å². The molecule has 12 rings (SSSR count). The summed E-state index contributed by atoms with van der Waals surface area (Å²) >= 11 is 12.8. The van der Waals surface area contributed by atoms with Gasteiger partial charge in [0, 0.05) is 91.5 Å². The van der Waals surface area contributed by atoms with Crippen molar-refractivity contribution in [3.8, 4) is 23.0 Å². The summed E-state index contributed by atoms with van der Waals surface area (Å²) in [6.07, 6.45) is 7.55. The van der Waals surface area contributed by atoms with Gasteiger partial charge >= 0.3 is 17.3 Å². The number of nitrogens with zero attached hydrogens (tertiary/aromatic N) is 2. The minimum atomic E-state index is -1.05. The fraction of sp³-hybridized carbons (Fsp3) is 0.351. The molecule has 0 bridgehead atoms. The summed E-state index contributed by atoms with van der Waals surface area (Å²) < 4.78 is 48.0. The Kier molecular flexibility index (Phi) is 18.0. The molecule has 0 saturated heterocycles. The highest BCUT2D eigenvalue weighted by Gasteiger charge is 2.57. The van der Waals surface area contributed by atoms with Gasteiger partial charge in [0.2, 0.25) is 11.4 Å². The third kappa shape index (κ3) is 13.8. The lowest BCUT2D eigenvalue weighted by Crippen LogP contribution is -2.35. The number of ketones is 4. The highest BCUT2D eigenvalue weighted by Crippen LogP contribution is 2.49. The minimum Gasteiger partial charge on any atom is -0.494 e. The molecule has 3 aliphatic heterocycles. The molecule has 0 unspecified atom stereocenters. The van der Waals surface area contributed by atoms with Crippen LogP contribution in [0.4, 0.5) is 15.8 Å². The van der Waals surface area contributed by atoms with E-state index in [4.69, 9.17) is 28.4 Å². The topological polar surface area (TPSA) is 227 Å². The number of rotatable bonds is 11. The van der Waals surface area contributed by atoms with Crippen LogP contribution in [0.2, 0.25) is 0 Å². The number of Topliss-reactive ketones (excluding diaryl/α,β-unsaturated/α-hetero) is 4. The van der Waals surface area contributed by atoms with E-state index >= 15 is 0 Å². The molecule has 0 atom stereocenters. The van der Waals surface area contributed by atoms with Gasteiger partial charge in [0.25, 0.3) is 0 Å². The fourth-order valence-corrected chi connectivity index (χ4v) is 9.95. The maximum absolute atomic E-state index is 12.6. The molecule has 5 aromatic rings. The second-order valence-corrected chi connectivity index (χ2v) is 22.7. The lowest BCUT2D eigenvalue weighted by molar-refractivity contribution is -0.387. The molecule has 79 heavy (non-hydrogen) atoms. The number of alkyl halides is 1. The maximum Gasteiger partial charge on any atom is 0.350 e. The maximum atomic E-state index is 12.6. The molecule has 0 aromatic heterocycles. The van der Waals surface area contributed by atoms with Gasteiger partial charge in [-0.15, -0.1) is 0 Å². The zero-order valence-corrected chi connectivity index (χ0v) is 49.0. The second-order valence-electron chi connectivity index (χ2n) is 19.4. The van der Waals surface area contributed by atoms with Gasteiger partial charge in [-0.25, -0.2) is 4.79 Å². The fourth-order valence-electron chi connectivity index (χ4n) is 8.61. The zero-order chi connectivity index (χ0) is 57.0. The summed E-state index contributed by atoms with van der Waals surface area (Å²) in [7, 11) is 0. The number of carbonyl (C=O) groups is 5. The van der Waals surface area contributed by atoms with Crippen molar-refractivity contribution in [2.24, 2.45) is 0 Å². The monoisotopic (exact) mass is 1340 g/mol. The van der Waals surface area contributed by atoms with Crippen molar-refractivity contribution in [2.75, 3.05) is 18.5 Å². The molecule has 7 aliphatic rings. The van der Waals surface area contributed by atoms with Crippen molar-refractivity contribution in [3.63, 3.8) is 0 Å². The number of benzene rings is 5. The molecule has 414 valence electrons. The van der Waals surface area contributed by atoms with Crippen molar-refractivity contribution in [1.82, 2.24) is 0 Å². The van der Waals surface area contributed by atoms with Crippen LogP contribution in [0.15, 0.2) is 111 Å². The van der Waals surface area contributed by atoms with Crippen LogP contribution < -0.4 is 18.9 Å². The van der Waals surface area contributed by atoms with Crippen LogP contribution in [-0.4, -0.2) is 79.9 Å². The van der Waals surface area contributed by atoms with E-state index in [1.54, 1.807) is 25.1 Å². The molecule has 0 N–H and O–H groups in total. The first-order valence-electron chi connectivity index (χ1n) is 25.1. The normalized spacial score (nSPS) is 17.5. The number of hydrogen-bond acceptors (Lipinski definition) is 15. The van der Waals surface area contributed by atoms with E-state index in [0.717, 1.165) is 88.9 Å². The van der Waals surface area contributed by atoms with Gasteiger partial charge in [0.1, 0.15) is 23.0 Å². The number of hydrogen-bond donors (Lipinski definition) is 0. The number of halogens is 5. The molecule has 3 spiro atoms. The van der Waals surface area contributed by atoms with E-state index in [1.807, 2.05) is 49.4 Å². The summed E-state index contributed by atoms with van der Waals surface area (Å²) in [5.74, 6) is 2.46. The van der Waals surface area contributed by atoms with Crippen LogP contribution in [0.3, 0.4) is 0 Å². The van der Waals surface area contributed by atoms with Gasteiger partial charge in [0.05, 0.1) is 28.4 Å². The largest absolute Gasteiger partial charge is 0.494 e. The van der Waals surface area contributed by atoms with Crippen LogP contribution >= 0.6 is 63.7 Å². The summed E-state index contributed by atoms with van der Waals surface area (Å²) in [4.78, 5) is 78.5. The number of esters is 1. The number of nitro groups is 2. The van der Waals surface area contributed by atoms with Gasteiger partial charge < -0.3 is 28.4 Å². The Bertz CT molecular complexity index is 3300. The molecule has 0 amide bonds. The first kappa shape index (κ1) is 58.8. The van der Waals surface area contributed by atoms with Gasteiger partial charge in [-0.2, -0.15) is 4.39 Å². The SMILES string of the molecule is C=C(OCC)c1ccc2c(c1)OC1(CC1)C(=O)C2.CCOC(=O)C1(Oc2cc(Br)ccc2[N+](=O)[O-])CC1.O=C(CBr)c1ccc2c(c1)OC1(CC1)C(=O)C2.O=C1Cc2ccc(Br)cc2OC12CC2.O=[N+]([O-])c1ccc(Br)cc1F. The van der Waals surface area contributed by atoms with E-state index in [9.17, 15) is 48.6 Å². The molecule has 22 heteroatoms. The second kappa shape index (κ2) is 24.2. The molecule has 17 nitrogen and oxygen atoms in total. The van der Waals surface area contributed by atoms with Gasteiger partial charge in [0.15, 0.2) is 45.7 Å². The van der Waals surface area contributed by atoms with Crippen LogP contribution in [0.1, 0.15) is 97.8 Å². The first-order chi connectivity index (χ1) is 37.6. The van der Waals surface area contributed by atoms with Crippen molar-refractivity contribution < 1.29 is 66.6 Å². The van der Waals surface area contributed by atoms with Gasteiger partial charge in [-0.1, -0.05) is 101 Å². The highest BCUT2D eigenvalue weighted by molar-refractivity contribution is 9.11. The number of carbonyl (C=O) groups excluding carboxylic acids is 5. The number of nitro benzene ring substituents is 2. The quantitative estimate of drug-likeness (QED) is 0.0299. The van der Waals surface area contributed by atoms with Gasteiger partial charge in [-0.05, 0) is 94.8 Å². The Morgan fingerprint density at radius 1 is 0.595 bits per heavy atom. The van der Waals surface area contributed by atoms with Crippen molar-refractivity contribution in [3.05, 3.63) is 165 Å². The average Bonchev–Trinajstić information content (AvgIpc) is 4.40. The first-order valence-corrected chi connectivity index (χ1v) is 28.6. The van der Waals surface area contributed by atoms with E-state index in [2.05, 4.69) is 70.3 Å². The van der Waals surface area contributed by atoms with Crippen molar-refractivity contribution in [2.45, 2.75) is 107 Å². The zero-order valence-electron chi connectivity index (χ0n) is 42.7. The molecular weight excluding hydrogens is 1290 g/mol. The Hall–Kier alpha value is -6.36. The summed E-state index contributed by atoms with van der Waals surface area (Å²) in [6.45, 7) is 8.37. The van der Waals surface area contributed by atoms with E-state index in [0.29, 0.717) is 70.1 Å². The molecule has 3 heterocycles. The summed E-state index contributed by atoms with van der Waals surface area (Å²) in [6, 6.07) is 24.9. The van der Waals surface area contributed by atoms with Crippen molar-refractivity contribution in [1.29, 1.82) is 0 Å². The van der Waals surface area contributed by atoms with E-state index in [1.165, 1.54) is 18.2 Å². The van der Waals surface area contributed by atoms with Gasteiger partial charge in [-0.3, -0.25) is 39.4 Å². The highest BCUT2D eigenvalue weighted by atomic mass is 79.9. The lowest BCUT2D eigenvalue weighted by Gasteiger charge is -2.25. The minimum absolute atomic E-state index is 0.0261. The van der Waals surface area contributed by atoms with Crippen LogP contribution in [0.5, 0.6) is 23.0 Å². The predicted molar refractivity (Wildman–Crippen MR) is 300 cm³/mol. The predicted octanol–water partition coefficient (Wildman–Crippen LogP) is 12.8. The number of fused-ring (bicyclic) bond motifs is 3. The molecule has 4 aliphatic carbocycles. The molecule has 0 radical (unpaired) electrons. The smallest absolute Gasteiger partial charge is 0.350 e. The van der Waals surface area contributed by atoms with E-state index < -0.39 is 49.7 Å². The Morgan fingerprint density at radius 2 is 1.01 bits per heavy atom. The Morgan fingerprint density at radius 3 is 1.46 bits per heavy atom. The molecule has 4 fully saturated rings. The van der Waals surface area contributed by atoms with E-state index in [-0.39, 0.29) is 41.2 Å². The summed E-state index contributed by atoms with van der Waals surface area (Å²) in [5.41, 5.74) is 1.19. The third-order valence-electron chi connectivity index (χ3n) is 13.7. The average molecular weight is 1340 g/mol. The van der Waals surface area contributed by atoms with Crippen LogP contribution in [0.25, 0.3) is 5.76 Å². The van der Waals surface area contributed by atoms with Crippen LogP contribution in [0, 0.1) is 26.0 Å². The molecule has 5 aromatic carbocycles. The standard InChI is InChI=1S/C15H16O3.C13H11BrO3.C12H12BrNO5.C11H9BrO2.C6H3BrFNO2/c1-3-17-10(2)11-4-5-12-9-14(16)15(6-7-15)18-13(12)8-11;14-7-10(15)8-1-2-9-6-12(16)13(3-4-13)17-11(9)5-8;1-2-18-11(15)12(5-6-12)19-10-7-8(13)3-4-9(10)14(16)17;12-8-2-1-7-5-10(13)11(3-4-11)14-9(7)6-8;7-4-1-2-6(9(10)11)5(8)3-4/h4-5,8H,2-3,6-7,9H2,1H3;1-2,5H,3-4,6-7H2;3-4,7H,2,5-6H2,1H3;1-2,6H,3-5H2;1-3H. The van der Waals surface area contributed by atoms with Crippen LogP contribution in [-0.2, 0) is 47.9 Å². The number of ether oxygens (including phenoxy) is 6. The lowest BCUT2D eigenvalue weighted by atomic mass is 9.97.